The van der Waals surface area contributed by atoms with Crippen LogP contribution in [-0.2, 0) is 6.54 Å². The first-order valence-corrected chi connectivity index (χ1v) is 5.33. The van der Waals surface area contributed by atoms with Crippen LogP contribution >= 0.6 is 11.3 Å². The topological polar surface area (TPSA) is 24.4 Å². The molecule has 14 heavy (non-hydrogen) atoms. The second-order valence-corrected chi connectivity index (χ2v) is 4.19. The summed E-state index contributed by atoms with van der Waals surface area (Å²) in [5, 5.41) is 4.45. The highest BCUT2D eigenvalue weighted by Crippen LogP contribution is 2.24. The van der Waals surface area contributed by atoms with Gasteiger partial charge < -0.3 is 5.32 Å². The second-order valence-electron chi connectivity index (χ2n) is 3.02. The van der Waals surface area contributed by atoms with Gasteiger partial charge in [-0.15, -0.1) is 11.3 Å². The standard InChI is InChI=1S/C11H12N2S/c1-12-8-13-7-10-6-9-4-2-3-5-11(9)14-10/h2-6,8H,7H2,1H3,(H,12,13). The molecule has 3 heteroatoms. The molecule has 1 heterocycles. The van der Waals surface area contributed by atoms with E-state index in [2.05, 4.69) is 40.6 Å². The molecule has 0 fully saturated rings. The zero-order valence-electron chi connectivity index (χ0n) is 8.03. The molecule has 0 aliphatic heterocycles. The van der Waals surface area contributed by atoms with Crippen molar-refractivity contribution in [2.45, 2.75) is 6.54 Å². The number of nitrogens with zero attached hydrogens (tertiary/aromatic N) is 1. The van der Waals surface area contributed by atoms with Gasteiger partial charge in [-0.05, 0) is 17.5 Å². The molecular weight excluding hydrogens is 192 g/mol. The van der Waals surface area contributed by atoms with Gasteiger partial charge in [0.05, 0.1) is 12.9 Å². The van der Waals surface area contributed by atoms with Crippen molar-refractivity contribution in [3.8, 4) is 0 Å². The summed E-state index contributed by atoms with van der Waals surface area (Å²) in [5.74, 6) is 0. The maximum absolute atomic E-state index is 3.87. The van der Waals surface area contributed by atoms with Crippen molar-refractivity contribution in [1.29, 1.82) is 0 Å². The van der Waals surface area contributed by atoms with E-state index in [-0.39, 0.29) is 0 Å². The van der Waals surface area contributed by atoms with Gasteiger partial charge in [-0.3, -0.25) is 4.99 Å². The quantitative estimate of drug-likeness (QED) is 0.603. The number of nitrogens with one attached hydrogen (secondary N) is 1. The van der Waals surface area contributed by atoms with E-state index in [0.717, 1.165) is 6.54 Å². The third kappa shape index (κ3) is 1.93. The molecule has 0 aliphatic rings. The molecule has 2 nitrogen and oxygen atoms in total. The van der Waals surface area contributed by atoms with Gasteiger partial charge in [0.2, 0.25) is 0 Å². The van der Waals surface area contributed by atoms with Crippen molar-refractivity contribution in [3.63, 3.8) is 0 Å². The largest absolute Gasteiger partial charge is 0.372 e. The lowest BCUT2D eigenvalue weighted by atomic mass is 10.2. The minimum Gasteiger partial charge on any atom is -0.372 e. The number of aliphatic imine (C=N–C) groups is 1. The zero-order valence-corrected chi connectivity index (χ0v) is 8.84. The molecule has 72 valence electrons. The monoisotopic (exact) mass is 204 g/mol. The highest BCUT2D eigenvalue weighted by Gasteiger charge is 1.98. The fourth-order valence-corrected chi connectivity index (χ4v) is 2.38. The van der Waals surface area contributed by atoms with Gasteiger partial charge in [-0.2, -0.15) is 0 Å². The third-order valence-electron chi connectivity index (χ3n) is 1.97. The van der Waals surface area contributed by atoms with Crippen LogP contribution in [0.25, 0.3) is 10.1 Å². The van der Waals surface area contributed by atoms with E-state index in [1.807, 2.05) is 11.3 Å². The van der Waals surface area contributed by atoms with Crippen molar-refractivity contribution < 1.29 is 0 Å². The Morgan fingerprint density at radius 2 is 2.29 bits per heavy atom. The number of fused-ring (bicyclic) bond motifs is 1. The van der Waals surface area contributed by atoms with Crippen molar-refractivity contribution in [3.05, 3.63) is 35.2 Å². The lowest BCUT2D eigenvalue weighted by Crippen LogP contribution is -2.08. The highest BCUT2D eigenvalue weighted by molar-refractivity contribution is 7.19. The van der Waals surface area contributed by atoms with Gasteiger partial charge in [0.1, 0.15) is 0 Å². The summed E-state index contributed by atoms with van der Waals surface area (Å²) in [4.78, 5) is 5.21. The van der Waals surface area contributed by atoms with Crippen LogP contribution in [0.3, 0.4) is 0 Å². The van der Waals surface area contributed by atoms with Crippen LogP contribution in [0.5, 0.6) is 0 Å². The summed E-state index contributed by atoms with van der Waals surface area (Å²) < 4.78 is 1.35. The second kappa shape index (κ2) is 4.24. The minimum absolute atomic E-state index is 0.858. The van der Waals surface area contributed by atoms with E-state index in [9.17, 15) is 0 Å². The minimum atomic E-state index is 0.858. The molecular formula is C11H12N2S. The number of benzene rings is 1. The van der Waals surface area contributed by atoms with Crippen LogP contribution in [0.15, 0.2) is 35.3 Å². The van der Waals surface area contributed by atoms with Gasteiger partial charge in [-0.1, -0.05) is 18.2 Å². The van der Waals surface area contributed by atoms with Crippen LogP contribution in [0.4, 0.5) is 0 Å². The molecule has 0 spiro atoms. The van der Waals surface area contributed by atoms with Gasteiger partial charge in [0.25, 0.3) is 0 Å². The van der Waals surface area contributed by atoms with Gasteiger partial charge in [0.15, 0.2) is 0 Å². The average molecular weight is 204 g/mol. The molecule has 2 aromatic rings. The fourth-order valence-electron chi connectivity index (χ4n) is 1.36. The molecule has 1 aromatic carbocycles. The molecule has 0 saturated carbocycles. The van der Waals surface area contributed by atoms with Crippen LogP contribution in [0.2, 0.25) is 0 Å². The molecule has 0 amide bonds. The number of thiophene rings is 1. The van der Waals surface area contributed by atoms with Crippen molar-refractivity contribution in [2.75, 3.05) is 7.05 Å². The van der Waals surface area contributed by atoms with Crippen molar-refractivity contribution >= 4 is 27.8 Å². The Morgan fingerprint density at radius 3 is 3.07 bits per heavy atom. The number of rotatable bonds is 3. The predicted molar refractivity (Wildman–Crippen MR) is 63.1 cm³/mol. The smallest absolute Gasteiger partial charge is 0.0823 e. The summed E-state index contributed by atoms with van der Waals surface area (Å²) in [6.45, 7) is 0.858. The van der Waals surface area contributed by atoms with Crippen LogP contribution < -0.4 is 5.32 Å². The molecule has 0 atom stereocenters. The summed E-state index contributed by atoms with van der Waals surface area (Å²) in [6.07, 6.45) is 1.73. The first-order chi connectivity index (χ1) is 6.90. The Hall–Kier alpha value is -1.35. The SMILES string of the molecule is CN=CNCc1cc2ccccc2s1. The van der Waals surface area contributed by atoms with Crippen LogP contribution in [0.1, 0.15) is 4.88 Å². The van der Waals surface area contributed by atoms with Crippen LogP contribution in [-0.4, -0.2) is 13.4 Å². The molecule has 0 bridgehead atoms. The third-order valence-corrected chi connectivity index (χ3v) is 3.09. The predicted octanol–water partition coefficient (Wildman–Crippen LogP) is 2.65. The number of hydrogen-bond donors (Lipinski definition) is 1. The maximum atomic E-state index is 3.87. The molecule has 1 N–H and O–H groups in total. The van der Waals surface area contributed by atoms with E-state index in [1.54, 1.807) is 13.4 Å². The summed E-state index contributed by atoms with van der Waals surface area (Å²) in [6, 6.07) is 10.7. The molecule has 0 radical (unpaired) electrons. The van der Waals surface area contributed by atoms with Gasteiger partial charge in [0, 0.05) is 16.6 Å². The van der Waals surface area contributed by atoms with E-state index >= 15 is 0 Å². The van der Waals surface area contributed by atoms with Crippen LogP contribution in [0, 0.1) is 0 Å². The Labute approximate surface area is 87.3 Å². The first kappa shape index (κ1) is 9.21. The summed E-state index contributed by atoms with van der Waals surface area (Å²) in [5.41, 5.74) is 0. The lowest BCUT2D eigenvalue weighted by Gasteiger charge is -1.93. The van der Waals surface area contributed by atoms with Crippen molar-refractivity contribution in [1.82, 2.24) is 5.32 Å². The highest BCUT2D eigenvalue weighted by atomic mass is 32.1. The molecule has 0 unspecified atom stereocenters. The number of hydrogen-bond acceptors (Lipinski definition) is 2. The van der Waals surface area contributed by atoms with Gasteiger partial charge in [-0.25, -0.2) is 0 Å². The Kier molecular flexibility index (Phi) is 2.79. The lowest BCUT2D eigenvalue weighted by molar-refractivity contribution is 0.952. The summed E-state index contributed by atoms with van der Waals surface area (Å²) >= 11 is 1.82. The average Bonchev–Trinajstić information content (AvgIpc) is 2.60. The van der Waals surface area contributed by atoms with E-state index in [4.69, 9.17) is 0 Å². The maximum Gasteiger partial charge on any atom is 0.0823 e. The molecule has 0 aliphatic carbocycles. The normalized spacial score (nSPS) is 11.2. The van der Waals surface area contributed by atoms with E-state index < -0.39 is 0 Å². The first-order valence-electron chi connectivity index (χ1n) is 4.51. The molecule has 1 aromatic heterocycles. The Balaban J connectivity index is 2.18. The summed E-state index contributed by atoms with van der Waals surface area (Å²) in [7, 11) is 1.76. The van der Waals surface area contributed by atoms with E-state index in [1.165, 1.54) is 15.0 Å². The van der Waals surface area contributed by atoms with Gasteiger partial charge >= 0.3 is 0 Å². The Bertz CT molecular complexity index is 412. The molecule has 0 saturated heterocycles. The molecule has 2 rings (SSSR count). The van der Waals surface area contributed by atoms with E-state index in [0.29, 0.717) is 0 Å². The van der Waals surface area contributed by atoms with Crippen molar-refractivity contribution in [2.24, 2.45) is 4.99 Å². The fraction of sp³-hybridized carbons (Fsp3) is 0.182. The Morgan fingerprint density at radius 1 is 1.43 bits per heavy atom. The zero-order chi connectivity index (χ0) is 9.80.